The topological polar surface area (TPSA) is 208 Å². The molecule has 1 amide bonds. The minimum absolute atomic E-state index is 0.0476. The predicted molar refractivity (Wildman–Crippen MR) is 190 cm³/mol. The molecule has 0 spiro atoms. The minimum atomic E-state index is -4.41. The van der Waals surface area contributed by atoms with E-state index >= 15 is 8.78 Å². The monoisotopic (exact) mass is 754 g/mol. The lowest BCUT2D eigenvalue weighted by atomic mass is 10.1. The molecule has 4 heterocycles. The lowest BCUT2D eigenvalue weighted by Gasteiger charge is -2.16. The quantitative estimate of drug-likeness (QED) is 0.175. The Kier molecular flexibility index (Phi) is 9.28. The average molecular weight is 755 g/mol. The van der Waals surface area contributed by atoms with Gasteiger partial charge in [-0.05, 0) is 54.3 Å². The number of carbonyl (C=O) groups excluding carboxylic acids is 1. The maximum Gasteiger partial charge on any atom is 0.337 e. The van der Waals surface area contributed by atoms with Crippen LogP contribution in [0.4, 0.5) is 14.5 Å². The van der Waals surface area contributed by atoms with E-state index in [1.165, 1.54) is 72.7 Å². The molecule has 0 radical (unpaired) electrons. The van der Waals surface area contributed by atoms with Crippen LogP contribution in [0.2, 0.25) is 0 Å². The van der Waals surface area contributed by atoms with Gasteiger partial charge >= 0.3 is 11.7 Å². The molecule has 1 aliphatic rings. The summed E-state index contributed by atoms with van der Waals surface area (Å²) in [6.07, 6.45) is 8.99. The molecule has 54 heavy (non-hydrogen) atoms. The van der Waals surface area contributed by atoms with Crippen LogP contribution in [0.1, 0.15) is 40.5 Å². The van der Waals surface area contributed by atoms with Crippen molar-refractivity contribution < 1.29 is 31.9 Å². The fourth-order valence-electron chi connectivity index (χ4n) is 5.71. The maximum absolute atomic E-state index is 15.2. The lowest BCUT2D eigenvalue weighted by Crippen LogP contribution is -2.42. The van der Waals surface area contributed by atoms with Crippen LogP contribution in [0.5, 0.6) is 0 Å². The van der Waals surface area contributed by atoms with Gasteiger partial charge < -0.3 is 10.4 Å². The summed E-state index contributed by atoms with van der Waals surface area (Å²) in [7, 11) is -2.95. The van der Waals surface area contributed by atoms with Crippen molar-refractivity contribution in [2.75, 3.05) is 4.72 Å². The van der Waals surface area contributed by atoms with Crippen LogP contribution in [0, 0.1) is 11.6 Å². The number of rotatable bonds is 11. The number of sulfonamides is 1. The largest absolute Gasteiger partial charge is 0.480 e. The molecule has 7 rings (SSSR count). The number of carbonyl (C=O) groups is 2. The molecule has 274 valence electrons. The summed E-state index contributed by atoms with van der Waals surface area (Å²) in [5.74, 6) is -4.35. The number of amides is 1. The standard InChI is InChI=1S/C36H28F2N8O7S/c1-45-30-18-39-11-10-24(30)34(48)46(36(45)51)31-9-2-19(15-40-31)12-29(35(49)50)43-33(47)25-13-27(38)28(14-26(25)37)44-54(52,53)23-7-5-20(6-8-23)22-16-41-32(42-17-22)21-3-4-21/h2,5-11,13-18,21,29,44H,3-4,12H2,1H3,(H,43,47)(H,49,50)/t29-/m0/s1. The summed E-state index contributed by atoms with van der Waals surface area (Å²) >= 11 is 0. The van der Waals surface area contributed by atoms with Crippen LogP contribution in [0.3, 0.4) is 0 Å². The highest BCUT2D eigenvalue weighted by Crippen LogP contribution is 2.38. The summed E-state index contributed by atoms with van der Waals surface area (Å²) in [6, 6.07) is 9.02. The summed E-state index contributed by atoms with van der Waals surface area (Å²) in [6.45, 7) is 0. The Bertz CT molecular complexity index is 2680. The first kappa shape index (κ1) is 35.7. The molecule has 0 aliphatic heterocycles. The molecular formula is C36H28F2N8O7S. The molecule has 0 bridgehead atoms. The van der Waals surface area contributed by atoms with Gasteiger partial charge in [0.15, 0.2) is 0 Å². The molecule has 0 saturated heterocycles. The molecule has 1 fully saturated rings. The van der Waals surface area contributed by atoms with Crippen molar-refractivity contribution in [3.8, 4) is 16.9 Å². The molecule has 1 atom stereocenters. The van der Waals surface area contributed by atoms with E-state index in [4.69, 9.17) is 0 Å². The minimum Gasteiger partial charge on any atom is -0.480 e. The van der Waals surface area contributed by atoms with E-state index in [1.54, 1.807) is 12.4 Å². The summed E-state index contributed by atoms with van der Waals surface area (Å²) in [5, 5.41) is 12.2. The van der Waals surface area contributed by atoms with E-state index in [2.05, 4.69) is 25.3 Å². The molecule has 1 aliphatic carbocycles. The highest BCUT2D eigenvalue weighted by atomic mass is 32.2. The fraction of sp³-hybridized carbons (Fsp3) is 0.167. The van der Waals surface area contributed by atoms with E-state index in [0.29, 0.717) is 34.7 Å². The smallest absolute Gasteiger partial charge is 0.337 e. The number of aryl methyl sites for hydroxylation is 1. The van der Waals surface area contributed by atoms with Crippen molar-refractivity contribution in [2.45, 2.75) is 36.1 Å². The number of hydrogen-bond donors (Lipinski definition) is 3. The molecule has 3 N–H and O–H groups in total. The number of carboxylic acids is 1. The molecule has 0 unspecified atom stereocenters. The number of halogens is 2. The third kappa shape index (κ3) is 7.05. The van der Waals surface area contributed by atoms with Crippen LogP contribution < -0.4 is 21.3 Å². The van der Waals surface area contributed by atoms with Crippen LogP contribution in [0.15, 0.2) is 100 Å². The van der Waals surface area contributed by atoms with Gasteiger partial charge in [0, 0.05) is 55.8 Å². The highest BCUT2D eigenvalue weighted by molar-refractivity contribution is 7.92. The Morgan fingerprint density at radius 2 is 1.65 bits per heavy atom. The molecule has 15 nitrogen and oxygen atoms in total. The van der Waals surface area contributed by atoms with Gasteiger partial charge in [-0.2, -0.15) is 0 Å². The number of fused-ring (bicyclic) bond motifs is 1. The number of carboxylic acid groups (broad SMARTS) is 1. The van der Waals surface area contributed by atoms with Gasteiger partial charge in [-0.25, -0.2) is 46.3 Å². The van der Waals surface area contributed by atoms with Crippen LogP contribution in [-0.2, 0) is 28.3 Å². The van der Waals surface area contributed by atoms with E-state index in [9.17, 15) is 32.7 Å². The first-order valence-corrected chi connectivity index (χ1v) is 17.8. The van der Waals surface area contributed by atoms with Gasteiger partial charge in [0.1, 0.15) is 29.3 Å². The summed E-state index contributed by atoms with van der Waals surface area (Å²) < 4.78 is 60.4. The van der Waals surface area contributed by atoms with Gasteiger partial charge in [0.2, 0.25) is 0 Å². The number of anilines is 1. The molecule has 2 aromatic carbocycles. The van der Waals surface area contributed by atoms with Crippen LogP contribution in [0.25, 0.3) is 27.8 Å². The number of aromatic nitrogens is 6. The van der Waals surface area contributed by atoms with Crippen molar-refractivity contribution in [3.63, 3.8) is 0 Å². The van der Waals surface area contributed by atoms with Gasteiger partial charge in [0.25, 0.3) is 21.5 Å². The van der Waals surface area contributed by atoms with Gasteiger partial charge in [-0.1, -0.05) is 18.2 Å². The number of aliphatic carboxylic acids is 1. The Hall–Kier alpha value is -6.69. The SMILES string of the molecule is Cn1c(=O)n(-c2ccc(C[C@H](NC(=O)c3cc(F)c(NS(=O)(=O)c4ccc(-c5cnc(C6CC6)nc5)cc4)cc3F)C(=O)O)cn2)c(=O)c2ccncc21. The van der Waals surface area contributed by atoms with Crippen molar-refractivity contribution in [1.29, 1.82) is 0 Å². The third-order valence-electron chi connectivity index (χ3n) is 8.81. The first-order valence-electron chi connectivity index (χ1n) is 16.3. The van der Waals surface area contributed by atoms with Gasteiger partial charge in [-0.15, -0.1) is 0 Å². The average Bonchev–Trinajstić information content (AvgIpc) is 4.02. The van der Waals surface area contributed by atoms with Crippen molar-refractivity contribution in [2.24, 2.45) is 7.05 Å². The normalized spacial score (nSPS) is 13.4. The predicted octanol–water partition coefficient (Wildman–Crippen LogP) is 3.32. The second-order valence-electron chi connectivity index (χ2n) is 12.5. The molecule has 6 aromatic rings. The zero-order valence-electron chi connectivity index (χ0n) is 28.1. The maximum atomic E-state index is 15.2. The third-order valence-corrected chi connectivity index (χ3v) is 10.2. The Morgan fingerprint density at radius 3 is 2.30 bits per heavy atom. The van der Waals surface area contributed by atoms with Crippen LogP contribution >= 0.6 is 0 Å². The molecule has 1 saturated carbocycles. The highest BCUT2D eigenvalue weighted by Gasteiger charge is 2.27. The van der Waals surface area contributed by atoms with E-state index in [0.717, 1.165) is 23.2 Å². The number of nitrogens with zero attached hydrogens (tertiary/aromatic N) is 6. The van der Waals surface area contributed by atoms with Gasteiger partial charge in [-0.3, -0.25) is 23.9 Å². The van der Waals surface area contributed by atoms with Gasteiger partial charge in [0.05, 0.1) is 33.2 Å². The Balaban J connectivity index is 1.03. The van der Waals surface area contributed by atoms with Crippen LogP contribution in [-0.4, -0.2) is 60.5 Å². The molecule has 18 heteroatoms. The van der Waals surface area contributed by atoms with E-state index < -0.39 is 62.1 Å². The van der Waals surface area contributed by atoms with E-state index in [-0.39, 0.29) is 28.1 Å². The number of benzene rings is 2. The zero-order chi connectivity index (χ0) is 38.3. The Morgan fingerprint density at radius 1 is 0.926 bits per heavy atom. The summed E-state index contributed by atoms with van der Waals surface area (Å²) in [4.78, 5) is 67.6. The van der Waals surface area contributed by atoms with Crippen molar-refractivity contribution in [3.05, 3.63) is 135 Å². The fourth-order valence-corrected chi connectivity index (χ4v) is 6.77. The van der Waals surface area contributed by atoms with Crippen molar-refractivity contribution in [1.82, 2.24) is 34.4 Å². The molecular weight excluding hydrogens is 727 g/mol. The van der Waals surface area contributed by atoms with Crippen molar-refractivity contribution >= 4 is 38.5 Å². The zero-order valence-corrected chi connectivity index (χ0v) is 28.9. The summed E-state index contributed by atoms with van der Waals surface area (Å²) in [5.41, 5.74) is -1.12. The Labute approximate surface area is 304 Å². The first-order chi connectivity index (χ1) is 25.8. The number of pyridine rings is 2. The second kappa shape index (κ2) is 14.0. The molecule has 4 aromatic heterocycles. The van der Waals surface area contributed by atoms with E-state index in [1.807, 2.05) is 4.72 Å². The second-order valence-corrected chi connectivity index (χ2v) is 14.2. The number of hydrogen-bond acceptors (Lipinski definition) is 10. The lowest BCUT2D eigenvalue weighted by molar-refractivity contribution is -0.139. The number of nitrogens with one attached hydrogen (secondary N) is 2.